The van der Waals surface area contributed by atoms with Gasteiger partial charge in [0.25, 0.3) is 0 Å². The average Bonchev–Trinajstić information content (AvgIpc) is 2.76. The number of hydrogen-bond acceptors (Lipinski definition) is 5. The number of amides is 1. The van der Waals surface area contributed by atoms with Gasteiger partial charge >= 0.3 is 6.09 Å². The molecule has 3 rings (SSSR count). The Kier molecular flexibility index (Phi) is 3.44. The second-order valence-corrected chi connectivity index (χ2v) is 6.76. The van der Waals surface area contributed by atoms with Crippen LogP contribution in [0, 0.1) is 0 Å². The highest BCUT2D eigenvalue weighted by molar-refractivity contribution is 5.71. The molecule has 2 N–H and O–H groups in total. The number of anilines is 1. The Morgan fingerprint density at radius 2 is 2.14 bits per heavy atom. The molecule has 0 radical (unpaired) electrons. The van der Waals surface area contributed by atoms with Crippen molar-refractivity contribution in [2.45, 2.75) is 31.9 Å². The Hall–Kier alpha value is -1.95. The number of fused-ring (bicyclic) bond motifs is 2. The first-order valence-corrected chi connectivity index (χ1v) is 7.43. The molecule has 1 aromatic rings. The van der Waals surface area contributed by atoms with Crippen molar-refractivity contribution in [3.8, 4) is 5.75 Å². The van der Waals surface area contributed by atoms with Crippen molar-refractivity contribution < 1.29 is 19.0 Å². The minimum atomic E-state index is -0.635. The summed E-state index contributed by atoms with van der Waals surface area (Å²) in [6.07, 6.45) is -0.343. The molecule has 6 nitrogen and oxygen atoms in total. The molecule has 0 unspecified atom stereocenters. The number of nitrogens with zero attached hydrogens (tertiary/aromatic N) is 1. The minimum Gasteiger partial charge on any atom is -0.490 e. The fraction of sp³-hybridized carbons (Fsp3) is 0.562. The van der Waals surface area contributed by atoms with Gasteiger partial charge in [0.15, 0.2) is 0 Å². The third kappa shape index (κ3) is 2.47. The molecule has 0 aliphatic carbocycles. The Morgan fingerprint density at radius 1 is 1.36 bits per heavy atom. The fourth-order valence-corrected chi connectivity index (χ4v) is 2.93. The molecule has 1 amide bonds. The fourth-order valence-electron chi connectivity index (χ4n) is 2.93. The van der Waals surface area contributed by atoms with E-state index in [0.29, 0.717) is 37.8 Å². The predicted octanol–water partition coefficient (Wildman–Crippen LogP) is 2.12. The molecule has 2 aliphatic heterocycles. The van der Waals surface area contributed by atoms with E-state index < -0.39 is 11.1 Å². The van der Waals surface area contributed by atoms with Crippen LogP contribution in [0.25, 0.3) is 0 Å². The first-order chi connectivity index (χ1) is 10.3. The molecule has 0 saturated carbocycles. The van der Waals surface area contributed by atoms with Crippen molar-refractivity contribution in [1.29, 1.82) is 0 Å². The quantitative estimate of drug-likeness (QED) is 0.743. The lowest BCUT2D eigenvalue weighted by atomic mass is 9.90. The van der Waals surface area contributed by atoms with Gasteiger partial charge < -0.3 is 19.9 Å². The molecular weight excluding hydrogens is 284 g/mol. The van der Waals surface area contributed by atoms with Crippen molar-refractivity contribution in [1.82, 2.24) is 4.90 Å². The van der Waals surface area contributed by atoms with Crippen LogP contribution in [0.15, 0.2) is 18.2 Å². The van der Waals surface area contributed by atoms with Gasteiger partial charge in [-0.25, -0.2) is 4.79 Å². The highest BCUT2D eigenvalue weighted by atomic mass is 16.6. The molecule has 0 bridgehead atoms. The van der Waals surface area contributed by atoms with E-state index in [1.165, 1.54) is 0 Å². The molecule has 1 saturated heterocycles. The number of nitrogen functional groups attached to an aromatic ring is 1. The number of ether oxygens (including phenoxy) is 3. The lowest BCUT2D eigenvalue weighted by Gasteiger charge is -2.43. The molecule has 1 atom stereocenters. The van der Waals surface area contributed by atoms with Crippen LogP contribution in [0.5, 0.6) is 5.75 Å². The third-order valence-electron chi connectivity index (χ3n) is 3.90. The zero-order chi connectivity index (χ0) is 16.0. The first kappa shape index (κ1) is 15.0. The van der Waals surface area contributed by atoms with Gasteiger partial charge in [-0.2, -0.15) is 0 Å². The van der Waals surface area contributed by atoms with E-state index in [1.54, 1.807) is 11.0 Å². The van der Waals surface area contributed by atoms with Crippen LogP contribution < -0.4 is 10.5 Å². The van der Waals surface area contributed by atoms with Gasteiger partial charge in [-0.15, -0.1) is 0 Å². The Bertz CT molecular complexity index is 596. The standard InChI is InChI=1S/C16H22N2O4/c1-15(2,3)22-14(19)18-6-7-20-9-16(18)10-21-13-8-11(17)4-5-12(13)16/h4-5,8H,6-7,9-10,17H2,1-3H3/t16-/m1/s1. The largest absolute Gasteiger partial charge is 0.490 e. The van der Waals surface area contributed by atoms with Gasteiger partial charge in [-0.05, 0) is 26.8 Å². The van der Waals surface area contributed by atoms with Crippen molar-refractivity contribution in [3.05, 3.63) is 23.8 Å². The van der Waals surface area contributed by atoms with E-state index in [0.717, 1.165) is 5.56 Å². The zero-order valence-corrected chi connectivity index (χ0v) is 13.2. The average molecular weight is 306 g/mol. The second-order valence-electron chi connectivity index (χ2n) is 6.76. The Morgan fingerprint density at radius 3 is 2.86 bits per heavy atom. The summed E-state index contributed by atoms with van der Waals surface area (Å²) < 4.78 is 17.0. The van der Waals surface area contributed by atoms with E-state index in [2.05, 4.69) is 0 Å². The maximum Gasteiger partial charge on any atom is 0.411 e. The maximum absolute atomic E-state index is 12.6. The zero-order valence-electron chi connectivity index (χ0n) is 13.2. The van der Waals surface area contributed by atoms with E-state index in [1.807, 2.05) is 32.9 Å². The van der Waals surface area contributed by atoms with Crippen molar-refractivity contribution in [3.63, 3.8) is 0 Å². The molecular formula is C16H22N2O4. The van der Waals surface area contributed by atoms with Crippen molar-refractivity contribution in [2.24, 2.45) is 0 Å². The summed E-state index contributed by atoms with van der Waals surface area (Å²) in [5, 5.41) is 0. The third-order valence-corrected chi connectivity index (χ3v) is 3.90. The summed E-state index contributed by atoms with van der Waals surface area (Å²) in [7, 11) is 0. The van der Waals surface area contributed by atoms with E-state index >= 15 is 0 Å². The number of carbonyl (C=O) groups excluding carboxylic acids is 1. The normalized spacial score (nSPS) is 24.0. The van der Waals surface area contributed by atoms with Crippen LogP contribution in [0.3, 0.4) is 0 Å². The molecule has 0 aromatic heterocycles. The van der Waals surface area contributed by atoms with Crippen LogP contribution in [0.1, 0.15) is 26.3 Å². The molecule has 6 heteroatoms. The first-order valence-electron chi connectivity index (χ1n) is 7.43. The number of benzene rings is 1. The highest BCUT2D eigenvalue weighted by Crippen LogP contribution is 2.44. The van der Waals surface area contributed by atoms with Crippen molar-refractivity contribution >= 4 is 11.8 Å². The monoisotopic (exact) mass is 306 g/mol. The Labute approximate surface area is 130 Å². The van der Waals surface area contributed by atoms with Crippen LogP contribution in [0.2, 0.25) is 0 Å². The molecule has 120 valence electrons. The van der Waals surface area contributed by atoms with E-state index in [-0.39, 0.29) is 6.09 Å². The molecule has 22 heavy (non-hydrogen) atoms. The van der Waals surface area contributed by atoms with Crippen LogP contribution in [0.4, 0.5) is 10.5 Å². The number of hydrogen-bond donors (Lipinski definition) is 1. The number of morpholine rings is 1. The molecule has 1 fully saturated rings. The molecule has 1 aromatic carbocycles. The maximum atomic E-state index is 12.6. The SMILES string of the molecule is CC(C)(C)OC(=O)N1CCOC[C@]12COc1cc(N)ccc12. The van der Waals surface area contributed by atoms with Crippen molar-refractivity contribution in [2.75, 3.05) is 32.1 Å². The number of carbonyl (C=O) groups is 1. The van der Waals surface area contributed by atoms with Gasteiger partial charge in [-0.3, -0.25) is 4.90 Å². The summed E-state index contributed by atoms with van der Waals surface area (Å²) in [5.41, 5.74) is 6.19. The van der Waals surface area contributed by atoms with Crippen LogP contribution >= 0.6 is 0 Å². The second kappa shape index (κ2) is 5.05. The Balaban J connectivity index is 1.96. The summed E-state index contributed by atoms with van der Waals surface area (Å²) in [5.74, 6) is 0.707. The molecule has 2 aliphatic rings. The van der Waals surface area contributed by atoms with Gasteiger partial charge in [0.05, 0.1) is 13.2 Å². The minimum absolute atomic E-state index is 0.343. The van der Waals surface area contributed by atoms with Gasteiger partial charge in [0.1, 0.15) is 23.5 Å². The van der Waals surface area contributed by atoms with Gasteiger partial charge in [0.2, 0.25) is 0 Å². The van der Waals surface area contributed by atoms with Crippen LogP contribution in [-0.2, 0) is 15.0 Å². The molecule has 1 spiro atoms. The van der Waals surface area contributed by atoms with Gasteiger partial charge in [-0.1, -0.05) is 6.07 Å². The summed E-state index contributed by atoms with van der Waals surface area (Å²) in [6.45, 7) is 7.29. The topological polar surface area (TPSA) is 74.0 Å². The summed E-state index contributed by atoms with van der Waals surface area (Å²) in [4.78, 5) is 14.3. The summed E-state index contributed by atoms with van der Waals surface area (Å²) >= 11 is 0. The number of rotatable bonds is 0. The smallest absolute Gasteiger partial charge is 0.411 e. The van der Waals surface area contributed by atoms with Gasteiger partial charge in [0, 0.05) is 23.9 Å². The number of nitrogens with two attached hydrogens (primary N) is 1. The summed E-state index contributed by atoms with van der Waals surface area (Å²) in [6, 6.07) is 5.51. The lowest BCUT2D eigenvalue weighted by molar-refractivity contribution is -0.0833. The van der Waals surface area contributed by atoms with Crippen LogP contribution in [-0.4, -0.2) is 43.0 Å². The molecule has 2 heterocycles. The van der Waals surface area contributed by atoms with E-state index in [4.69, 9.17) is 19.9 Å². The lowest BCUT2D eigenvalue weighted by Crippen LogP contribution is -2.58. The van der Waals surface area contributed by atoms with E-state index in [9.17, 15) is 4.79 Å². The predicted molar refractivity (Wildman–Crippen MR) is 81.8 cm³/mol. The highest BCUT2D eigenvalue weighted by Gasteiger charge is 2.51.